The fourth-order valence-electron chi connectivity index (χ4n) is 1.63. The molecule has 0 saturated heterocycles. The number of hydrogen-bond donors (Lipinski definition) is 1. The van der Waals surface area contributed by atoms with Crippen LogP contribution in [0.25, 0.3) is 0 Å². The molecule has 0 aliphatic rings. The van der Waals surface area contributed by atoms with Gasteiger partial charge >= 0.3 is 0 Å². The molecule has 0 bridgehead atoms. The molecule has 0 heterocycles. The van der Waals surface area contributed by atoms with E-state index in [0.717, 1.165) is 17.4 Å². The van der Waals surface area contributed by atoms with Gasteiger partial charge < -0.3 is 0 Å². The molecule has 0 aliphatic carbocycles. The van der Waals surface area contributed by atoms with Gasteiger partial charge in [-0.2, -0.15) is 0 Å². The number of thiol groups is 1. The fourth-order valence-corrected chi connectivity index (χ4v) is 1.78. The first kappa shape index (κ1) is 13.3. The zero-order valence-corrected chi connectivity index (χ0v) is 11.4. The number of hydrogen-bond acceptors (Lipinski definition) is 1. The van der Waals surface area contributed by atoms with Crippen LogP contribution in [0.3, 0.4) is 0 Å². The maximum atomic E-state index is 4.27. The summed E-state index contributed by atoms with van der Waals surface area (Å²) in [5.74, 6) is 0.803. The number of rotatable bonds is 5. The predicted octanol–water partition coefficient (Wildman–Crippen LogP) is 3.47. The van der Waals surface area contributed by atoms with Gasteiger partial charge in [-0.05, 0) is 36.6 Å². The van der Waals surface area contributed by atoms with E-state index in [0.29, 0.717) is 0 Å². The van der Waals surface area contributed by atoms with Crippen LogP contribution in [0.5, 0.6) is 0 Å². The molecule has 16 heavy (non-hydrogen) atoms. The van der Waals surface area contributed by atoms with Gasteiger partial charge in [0.1, 0.15) is 13.6 Å². The van der Waals surface area contributed by atoms with Crippen LogP contribution < -0.4 is 0 Å². The van der Waals surface area contributed by atoms with Crippen molar-refractivity contribution in [2.75, 3.05) is 13.6 Å². The van der Waals surface area contributed by atoms with Gasteiger partial charge in [-0.25, -0.2) is 4.58 Å². The van der Waals surface area contributed by atoms with Crippen molar-refractivity contribution in [3.8, 4) is 0 Å². The Bertz CT molecular complexity index is 338. The molecule has 0 spiro atoms. The van der Waals surface area contributed by atoms with Gasteiger partial charge in [-0.15, -0.1) is 12.6 Å². The minimum atomic E-state index is 0.803. The Balaban J connectivity index is 2.46. The highest BCUT2D eigenvalue weighted by Gasteiger charge is 2.00. The SMILES string of the molecule is CC(C)CCC[N+](C)=Cc1ccc(S)cc1. The number of nitrogens with zero attached hydrogens (tertiary/aromatic N) is 1. The lowest BCUT2D eigenvalue weighted by Gasteiger charge is -2.02. The number of benzene rings is 1. The van der Waals surface area contributed by atoms with Crippen molar-refractivity contribution in [1.29, 1.82) is 0 Å². The molecule has 1 rings (SSSR count). The largest absolute Gasteiger partial charge is 0.238 e. The summed E-state index contributed by atoms with van der Waals surface area (Å²) in [7, 11) is 2.13. The third-order valence-electron chi connectivity index (χ3n) is 2.55. The molecule has 0 aromatic heterocycles. The average Bonchev–Trinajstić information content (AvgIpc) is 2.21. The quantitative estimate of drug-likeness (QED) is 0.453. The van der Waals surface area contributed by atoms with Crippen LogP contribution in [-0.2, 0) is 0 Å². The van der Waals surface area contributed by atoms with E-state index < -0.39 is 0 Å². The summed E-state index contributed by atoms with van der Waals surface area (Å²) in [6.45, 7) is 5.67. The molecule has 0 fully saturated rings. The molecule has 1 aromatic rings. The third kappa shape index (κ3) is 5.36. The lowest BCUT2D eigenvalue weighted by molar-refractivity contribution is -0.492. The van der Waals surface area contributed by atoms with Gasteiger partial charge in [0.05, 0.1) is 0 Å². The maximum Gasteiger partial charge on any atom is 0.170 e. The van der Waals surface area contributed by atoms with Gasteiger partial charge in [0.25, 0.3) is 0 Å². The highest BCUT2D eigenvalue weighted by molar-refractivity contribution is 7.80. The molecule has 0 atom stereocenters. The molecular formula is C14H22NS+. The highest BCUT2D eigenvalue weighted by Crippen LogP contribution is 2.06. The first-order chi connectivity index (χ1) is 7.58. The van der Waals surface area contributed by atoms with Crippen molar-refractivity contribution in [3.05, 3.63) is 29.8 Å². The van der Waals surface area contributed by atoms with Crippen molar-refractivity contribution < 1.29 is 4.58 Å². The fraction of sp³-hybridized carbons (Fsp3) is 0.500. The molecule has 0 radical (unpaired) electrons. The van der Waals surface area contributed by atoms with Crippen LogP contribution in [-0.4, -0.2) is 24.4 Å². The van der Waals surface area contributed by atoms with E-state index in [-0.39, 0.29) is 0 Å². The van der Waals surface area contributed by atoms with Crippen molar-refractivity contribution in [1.82, 2.24) is 0 Å². The van der Waals surface area contributed by atoms with E-state index in [9.17, 15) is 0 Å². The Morgan fingerprint density at radius 3 is 2.44 bits per heavy atom. The molecule has 1 nitrogen and oxygen atoms in total. The maximum absolute atomic E-state index is 4.27. The van der Waals surface area contributed by atoms with E-state index in [1.54, 1.807) is 0 Å². The van der Waals surface area contributed by atoms with E-state index in [4.69, 9.17) is 0 Å². The first-order valence-corrected chi connectivity index (χ1v) is 6.37. The smallest absolute Gasteiger partial charge is 0.170 e. The summed E-state index contributed by atoms with van der Waals surface area (Å²) in [5, 5.41) is 0. The molecule has 0 amide bonds. The normalized spacial score (nSPS) is 12.2. The van der Waals surface area contributed by atoms with Crippen molar-refractivity contribution in [2.45, 2.75) is 31.6 Å². The van der Waals surface area contributed by atoms with E-state index in [1.807, 2.05) is 12.1 Å². The lowest BCUT2D eigenvalue weighted by Crippen LogP contribution is -2.10. The molecule has 0 aliphatic heterocycles. The van der Waals surface area contributed by atoms with Crippen LogP contribution in [0.2, 0.25) is 0 Å². The standard InChI is InChI=1S/C14H21NS/c1-12(2)5-4-10-15(3)11-13-6-8-14(16)9-7-13/h6-9,11-12H,4-5,10H2,1-3H3/p+1. The van der Waals surface area contributed by atoms with Crippen LogP contribution in [0.1, 0.15) is 32.3 Å². The second-order valence-electron chi connectivity index (χ2n) is 4.74. The molecule has 2 heteroatoms. The molecule has 0 unspecified atom stereocenters. The van der Waals surface area contributed by atoms with Crippen LogP contribution >= 0.6 is 12.6 Å². The van der Waals surface area contributed by atoms with Gasteiger partial charge in [-0.3, -0.25) is 0 Å². The molecule has 1 aromatic carbocycles. The molecular weight excluding hydrogens is 214 g/mol. The lowest BCUT2D eigenvalue weighted by atomic mass is 10.1. The minimum Gasteiger partial charge on any atom is -0.238 e. The van der Waals surface area contributed by atoms with E-state index in [2.05, 4.69) is 56.4 Å². The summed E-state index contributed by atoms with van der Waals surface area (Å²) in [4.78, 5) is 1.01. The Morgan fingerprint density at radius 1 is 1.25 bits per heavy atom. The second-order valence-corrected chi connectivity index (χ2v) is 5.25. The van der Waals surface area contributed by atoms with Gasteiger partial charge in [-0.1, -0.05) is 13.8 Å². The summed E-state index contributed by atoms with van der Waals surface area (Å²) in [6, 6.07) is 8.25. The Hall–Kier alpha value is -0.760. The zero-order chi connectivity index (χ0) is 12.0. The topological polar surface area (TPSA) is 3.01 Å². The summed E-state index contributed by atoms with van der Waals surface area (Å²) >= 11 is 4.27. The zero-order valence-electron chi connectivity index (χ0n) is 10.5. The Kier molecular flexibility index (Phi) is 5.61. The van der Waals surface area contributed by atoms with Crippen molar-refractivity contribution in [2.24, 2.45) is 5.92 Å². The molecule has 0 saturated carbocycles. The Morgan fingerprint density at radius 2 is 1.88 bits per heavy atom. The summed E-state index contributed by atoms with van der Waals surface area (Å²) in [6.07, 6.45) is 4.75. The van der Waals surface area contributed by atoms with E-state index >= 15 is 0 Å². The summed E-state index contributed by atoms with van der Waals surface area (Å²) in [5.41, 5.74) is 1.24. The minimum absolute atomic E-state index is 0.803. The summed E-state index contributed by atoms with van der Waals surface area (Å²) < 4.78 is 2.26. The molecule has 0 N–H and O–H groups in total. The first-order valence-electron chi connectivity index (χ1n) is 5.92. The van der Waals surface area contributed by atoms with Crippen molar-refractivity contribution in [3.63, 3.8) is 0 Å². The Labute approximate surface area is 105 Å². The van der Waals surface area contributed by atoms with Crippen LogP contribution in [0.15, 0.2) is 29.2 Å². The van der Waals surface area contributed by atoms with Crippen LogP contribution in [0, 0.1) is 5.92 Å². The van der Waals surface area contributed by atoms with Crippen molar-refractivity contribution >= 4 is 18.8 Å². The van der Waals surface area contributed by atoms with Gasteiger partial charge in [0.2, 0.25) is 0 Å². The molecule has 88 valence electrons. The highest BCUT2D eigenvalue weighted by atomic mass is 32.1. The van der Waals surface area contributed by atoms with E-state index in [1.165, 1.54) is 18.4 Å². The van der Waals surface area contributed by atoms with Gasteiger partial charge in [0, 0.05) is 16.9 Å². The third-order valence-corrected chi connectivity index (χ3v) is 2.85. The van der Waals surface area contributed by atoms with Gasteiger partial charge in [0.15, 0.2) is 6.21 Å². The average molecular weight is 236 g/mol. The second kappa shape index (κ2) is 6.74. The van der Waals surface area contributed by atoms with Crippen LogP contribution in [0.4, 0.5) is 0 Å². The monoisotopic (exact) mass is 236 g/mol. The predicted molar refractivity (Wildman–Crippen MR) is 74.0 cm³/mol.